The smallest absolute Gasteiger partial charge is 0.358 e. The average molecular weight is 284 g/mol. The van der Waals surface area contributed by atoms with Crippen molar-refractivity contribution in [2.24, 2.45) is 0 Å². The van der Waals surface area contributed by atoms with Crippen LogP contribution in [0.25, 0.3) is 10.9 Å². The van der Waals surface area contributed by atoms with Crippen LogP contribution in [0.3, 0.4) is 0 Å². The topological polar surface area (TPSA) is 62.3 Å². The number of ether oxygens (including phenoxy) is 1. The summed E-state index contributed by atoms with van der Waals surface area (Å²) in [5, 5.41) is 10.5. The lowest BCUT2D eigenvalue weighted by Crippen LogP contribution is -2.04. The van der Waals surface area contributed by atoms with Crippen molar-refractivity contribution >= 4 is 32.8 Å². The molecule has 0 atom stereocenters. The number of esters is 1. The first kappa shape index (κ1) is 11.0. The van der Waals surface area contributed by atoms with Crippen LogP contribution in [0, 0.1) is 0 Å². The lowest BCUT2D eigenvalue weighted by atomic mass is 10.2. The van der Waals surface area contributed by atoms with Crippen LogP contribution in [0.5, 0.6) is 5.75 Å². The molecule has 2 aromatic rings. The Morgan fingerprint density at radius 3 is 2.94 bits per heavy atom. The van der Waals surface area contributed by atoms with E-state index in [0.29, 0.717) is 10.9 Å². The number of rotatable bonds is 2. The quantitative estimate of drug-likeness (QED) is 0.833. The van der Waals surface area contributed by atoms with E-state index in [1.54, 1.807) is 19.1 Å². The number of hydrogen-bond acceptors (Lipinski definition) is 3. The van der Waals surface area contributed by atoms with E-state index >= 15 is 0 Å². The monoisotopic (exact) mass is 283 g/mol. The maximum atomic E-state index is 11.5. The second kappa shape index (κ2) is 4.17. The van der Waals surface area contributed by atoms with E-state index < -0.39 is 5.97 Å². The molecule has 1 aromatic heterocycles. The van der Waals surface area contributed by atoms with Gasteiger partial charge >= 0.3 is 5.97 Å². The number of aromatic hydroxyl groups is 1. The second-order valence-electron chi connectivity index (χ2n) is 3.23. The molecule has 0 saturated carbocycles. The van der Waals surface area contributed by atoms with Crippen LogP contribution in [0.15, 0.2) is 22.7 Å². The predicted molar refractivity (Wildman–Crippen MR) is 63.6 cm³/mol. The molecular formula is C11H10BrNO3. The van der Waals surface area contributed by atoms with E-state index in [9.17, 15) is 9.90 Å². The molecule has 0 spiro atoms. The molecule has 0 amide bonds. The molecule has 0 fully saturated rings. The van der Waals surface area contributed by atoms with Gasteiger partial charge in [0.2, 0.25) is 0 Å². The van der Waals surface area contributed by atoms with Gasteiger partial charge in [-0.3, -0.25) is 0 Å². The van der Waals surface area contributed by atoms with Crippen molar-refractivity contribution in [3.8, 4) is 5.75 Å². The Labute approximate surface area is 100 Å². The number of hydrogen-bond donors (Lipinski definition) is 2. The standard InChI is InChI=1S/C11H10BrNO3/c1-2-16-11(15)9-10(14)6-4-3-5-7(12)8(6)13-9/h3-5,13-14H,2H2,1H3. The lowest BCUT2D eigenvalue weighted by molar-refractivity contribution is 0.0517. The lowest BCUT2D eigenvalue weighted by Gasteiger charge is -1.98. The molecule has 0 aliphatic heterocycles. The molecule has 0 radical (unpaired) electrons. The number of para-hydroxylation sites is 1. The Balaban J connectivity index is 2.60. The minimum atomic E-state index is -0.553. The van der Waals surface area contributed by atoms with Crippen LogP contribution in [-0.2, 0) is 4.74 Å². The number of aromatic amines is 1. The first-order valence-corrected chi connectivity index (χ1v) is 5.60. The third kappa shape index (κ3) is 1.67. The molecule has 1 aromatic carbocycles. The Morgan fingerprint density at radius 2 is 2.31 bits per heavy atom. The first-order chi connectivity index (χ1) is 7.65. The molecule has 0 unspecified atom stereocenters. The largest absolute Gasteiger partial charge is 0.505 e. The van der Waals surface area contributed by atoms with Crippen LogP contribution in [0.1, 0.15) is 17.4 Å². The van der Waals surface area contributed by atoms with Crippen molar-refractivity contribution in [1.29, 1.82) is 0 Å². The molecule has 5 heteroatoms. The summed E-state index contributed by atoms with van der Waals surface area (Å²) in [6.45, 7) is 1.99. The van der Waals surface area contributed by atoms with E-state index in [0.717, 1.165) is 4.47 Å². The highest BCUT2D eigenvalue weighted by atomic mass is 79.9. The first-order valence-electron chi connectivity index (χ1n) is 4.81. The highest BCUT2D eigenvalue weighted by Gasteiger charge is 2.18. The van der Waals surface area contributed by atoms with E-state index in [-0.39, 0.29) is 18.1 Å². The van der Waals surface area contributed by atoms with Gasteiger partial charge in [0.05, 0.1) is 12.1 Å². The summed E-state index contributed by atoms with van der Waals surface area (Å²) in [5.74, 6) is -0.627. The van der Waals surface area contributed by atoms with Crippen molar-refractivity contribution in [1.82, 2.24) is 4.98 Å². The van der Waals surface area contributed by atoms with Gasteiger partial charge in [-0.15, -0.1) is 0 Å². The number of carbonyl (C=O) groups excluding carboxylic acids is 1. The zero-order chi connectivity index (χ0) is 11.7. The minimum absolute atomic E-state index is 0.0743. The molecule has 16 heavy (non-hydrogen) atoms. The summed E-state index contributed by atoms with van der Waals surface area (Å²) in [6, 6.07) is 5.34. The van der Waals surface area contributed by atoms with Crippen LogP contribution in [-0.4, -0.2) is 22.7 Å². The Kier molecular flexibility index (Phi) is 2.87. The van der Waals surface area contributed by atoms with Gasteiger partial charge in [0.1, 0.15) is 0 Å². The van der Waals surface area contributed by atoms with Gasteiger partial charge in [0, 0.05) is 9.86 Å². The van der Waals surface area contributed by atoms with Crippen molar-refractivity contribution in [3.05, 3.63) is 28.4 Å². The zero-order valence-corrected chi connectivity index (χ0v) is 10.2. The predicted octanol–water partition coefficient (Wildman–Crippen LogP) is 2.81. The molecule has 2 rings (SSSR count). The zero-order valence-electron chi connectivity index (χ0n) is 8.58. The third-order valence-corrected chi connectivity index (χ3v) is 2.90. The fourth-order valence-electron chi connectivity index (χ4n) is 1.52. The number of carbonyl (C=O) groups is 1. The van der Waals surface area contributed by atoms with Gasteiger partial charge in [0.25, 0.3) is 0 Å². The van der Waals surface area contributed by atoms with Crippen molar-refractivity contribution in [2.75, 3.05) is 6.61 Å². The van der Waals surface area contributed by atoms with E-state index in [4.69, 9.17) is 4.74 Å². The fraction of sp³-hybridized carbons (Fsp3) is 0.182. The van der Waals surface area contributed by atoms with Crippen LogP contribution >= 0.6 is 15.9 Å². The summed E-state index contributed by atoms with van der Waals surface area (Å²) in [4.78, 5) is 14.4. The van der Waals surface area contributed by atoms with Crippen molar-refractivity contribution in [3.63, 3.8) is 0 Å². The van der Waals surface area contributed by atoms with Crippen molar-refractivity contribution in [2.45, 2.75) is 6.92 Å². The van der Waals surface area contributed by atoms with Gasteiger partial charge in [-0.25, -0.2) is 4.79 Å². The maximum absolute atomic E-state index is 11.5. The van der Waals surface area contributed by atoms with Gasteiger partial charge in [-0.05, 0) is 35.0 Å². The number of aromatic nitrogens is 1. The normalized spacial score (nSPS) is 10.6. The molecule has 0 bridgehead atoms. The number of halogens is 1. The van der Waals surface area contributed by atoms with E-state index in [1.165, 1.54) is 0 Å². The fourth-order valence-corrected chi connectivity index (χ4v) is 1.98. The van der Waals surface area contributed by atoms with Crippen LogP contribution < -0.4 is 0 Å². The summed E-state index contributed by atoms with van der Waals surface area (Å²) in [7, 11) is 0. The summed E-state index contributed by atoms with van der Waals surface area (Å²) in [5.41, 5.74) is 0.770. The number of benzene rings is 1. The van der Waals surface area contributed by atoms with E-state index in [1.807, 2.05) is 6.07 Å². The second-order valence-corrected chi connectivity index (χ2v) is 4.09. The Bertz CT molecular complexity index is 547. The number of nitrogens with one attached hydrogen (secondary N) is 1. The highest BCUT2D eigenvalue weighted by molar-refractivity contribution is 9.10. The molecule has 84 valence electrons. The molecule has 0 aliphatic rings. The Morgan fingerprint density at radius 1 is 1.56 bits per heavy atom. The highest BCUT2D eigenvalue weighted by Crippen LogP contribution is 2.33. The van der Waals surface area contributed by atoms with Crippen LogP contribution in [0.2, 0.25) is 0 Å². The van der Waals surface area contributed by atoms with Crippen molar-refractivity contribution < 1.29 is 14.6 Å². The number of H-pyrrole nitrogens is 1. The van der Waals surface area contributed by atoms with E-state index in [2.05, 4.69) is 20.9 Å². The summed E-state index contributed by atoms with van der Waals surface area (Å²) in [6.07, 6.45) is 0. The molecule has 4 nitrogen and oxygen atoms in total. The van der Waals surface area contributed by atoms with Gasteiger partial charge in [-0.1, -0.05) is 6.07 Å². The van der Waals surface area contributed by atoms with Crippen LogP contribution in [0.4, 0.5) is 0 Å². The molecule has 0 aliphatic carbocycles. The summed E-state index contributed by atoms with van der Waals surface area (Å²) < 4.78 is 5.62. The molecule has 1 heterocycles. The average Bonchev–Trinajstić information content (AvgIpc) is 2.59. The maximum Gasteiger partial charge on any atom is 0.358 e. The Hall–Kier alpha value is -1.49. The minimum Gasteiger partial charge on any atom is -0.505 e. The SMILES string of the molecule is CCOC(=O)c1[nH]c2c(Br)cccc2c1O. The molecule has 2 N–H and O–H groups in total. The van der Waals surface area contributed by atoms with Gasteiger partial charge < -0.3 is 14.8 Å². The molecular weight excluding hydrogens is 274 g/mol. The molecule has 0 saturated heterocycles. The van der Waals surface area contributed by atoms with Gasteiger partial charge in [0.15, 0.2) is 11.4 Å². The van der Waals surface area contributed by atoms with Gasteiger partial charge in [-0.2, -0.15) is 0 Å². The third-order valence-electron chi connectivity index (χ3n) is 2.24. The number of fused-ring (bicyclic) bond motifs is 1. The summed E-state index contributed by atoms with van der Waals surface area (Å²) >= 11 is 3.34.